The second kappa shape index (κ2) is 5.05. The van der Waals surface area contributed by atoms with E-state index in [1.807, 2.05) is 0 Å². The highest BCUT2D eigenvalue weighted by Crippen LogP contribution is 2.26. The Bertz CT molecular complexity index is 521. The second-order valence-corrected chi connectivity index (χ2v) is 4.98. The van der Waals surface area contributed by atoms with Crippen molar-refractivity contribution < 1.29 is 4.39 Å². The molecule has 0 aliphatic rings. The van der Waals surface area contributed by atoms with Crippen LogP contribution >= 0.6 is 38.5 Å². The van der Waals surface area contributed by atoms with Crippen LogP contribution in [0.25, 0.3) is 0 Å². The molecule has 1 N–H and O–H groups in total. The number of nitrogens with one attached hydrogen (secondary N) is 1. The molecular formula is C10H6BrFIN3. The van der Waals surface area contributed by atoms with Crippen molar-refractivity contribution in [3.05, 3.63) is 44.6 Å². The quantitative estimate of drug-likeness (QED) is 0.790. The minimum absolute atomic E-state index is 0.253. The Morgan fingerprint density at radius 1 is 1.38 bits per heavy atom. The minimum Gasteiger partial charge on any atom is -0.338 e. The molecule has 0 saturated carbocycles. The van der Waals surface area contributed by atoms with Crippen molar-refractivity contribution in [2.45, 2.75) is 0 Å². The van der Waals surface area contributed by atoms with Gasteiger partial charge in [-0.25, -0.2) is 14.4 Å². The molecule has 0 amide bonds. The highest BCUT2D eigenvalue weighted by molar-refractivity contribution is 14.1. The van der Waals surface area contributed by atoms with Gasteiger partial charge in [-0.2, -0.15) is 0 Å². The molecule has 16 heavy (non-hydrogen) atoms. The lowest BCUT2D eigenvalue weighted by atomic mass is 10.3. The van der Waals surface area contributed by atoms with Crippen molar-refractivity contribution in [3.8, 4) is 0 Å². The summed E-state index contributed by atoms with van der Waals surface area (Å²) in [5, 5.41) is 3.10. The standard InChI is InChI=1S/C10H6BrFIN3/c11-7-4-14-5-15-10(7)16-9-2-1-6(12)3-8(9)13/h1-5H,(H,14,15,16). The molecule has 0 atom stereocenters. The molecule has 82 valence electrons. The third kappa shape index (κ3) is 2.67. The molecular weight excluding hydrogens is 388 g/mol. The molecule has 1 heterocycles. The van der Waals surface area contributed by atoms with Crippen LogP contribution in [-0.2, 0) is 0 Å². The van der Waals surface area contributed by atoms with Crippen molar-refractivity contribution in [1.29, 1.82) is 0 Å². The number of anilines is 2. The predicted molar refractivity (Wildman–Crippen MR) is 72.1 cm³/mol. The average Bonchev–Trinajstić information content (AvgIpc) is 2.25. The second-order valence-electron chi connectivity index (χ2n) is 2.97. The molecule has 0 unspecified atom stereocenters. The number of aromatic nitrogens is 2. The number of nitrogens with zero attached hydrogens (tertiary/aromatic N) is 2. The maximum Gasteiger partial charge on any atom is 0.148 e. The van der Waals surface area contributed by atoms with Gasteiger partial charge in [0.15, 0.2) is 0 Å². The molecule has 0 aliphatic carbocycles. The summed E-state index contributed by atoms with van der Waals surface area (Å²) in [4.78, 5) is 7.93. The van der Waals surface area contributed by atoms with Crippen LogP contribution in [0.3, 0.4) is 0 Å². The van der Waals surface area contributed by atoms with E-state index in [9.17, 15) is 4.39 Å². The zero-order valence-corrected chi connectivity index (χ0v) is 11.7. The van der Waals surface area contributed by atoms with Crippen LogP contribution in [0, 0.1) is 9.39 Å². The molecule has 1 aromatic heterocycles. The first-order chi connectivity index (χ1) is 7.66. The molecule has 2 rings (SSSR count). The van der Waals surface area contributed by atoms with Gasteiger partial charge in [-0.15, -0.1) is 0 Å². The van der Waals surface area contributed by atoms with Gasteiger partial charge in [0.25, 0.3) is 0 Å². The van der Waals surface area contributed by atoms with Crippen LogP contribution in [0.4, 0.5) is 15.9 Å². The molecule has 1 aromatic carbocycles. The first-order valence-electron chi connectivity index (χ1n) is 4.34. The van der Waals surface area contributed by atoms with Crippen LogP contribution in [0.15, 0.2) is 35.2 Å². The summed E-state index contributed by atoms with van der Waals surface area (Å²) in [5.41, 5.74) is 0.807. The van der Waals surface area contributed by atoms with Gasteiger partial charge in [-0.3, -0.25) is 0 Å². The molecule has 0 saturated heterocycles. The summed E-state index contributed by atoms with van der Waals surface area (Å²) in [6.07, 6.45) is 3.09. The first kappa shape index (κ1) is 11.7. The Morgan fingerprint density at radius 3 is 2.88 bits per heavy atom. The van der Waals surface area contributed by atoms with Gasteiger partial charge in [0.1, 0.15) is 18.0 Å². The van der Waals surface area contributed by atoms with Crippen molar-refractivity contribution in [1.82, 2.24) is 9.97 Å². The molecule has 0 aliphatic heterocycles. The third-order valence-corrected chi connectivity index (χ3v) is 3.32. The molecule has 6 heteroatoms. The molecule has 0 bridgehead atoms. The number of hydrogen-bond donors (Lipinski definition) is 1. The van der Waals surface area contributed by atoms with Crippen LogP contribution < -0.4 is 5.32 Å². The van der Waals surface area contributed by atoms with Gasteiger partial charge >= 0.3 is 0 Å². The zero-order valence-electron chi connectivity index (χ0n) is 7.92. The molecule has 0 radical (unpaired) electrons. The maximum absolute atomic E-state index is 12.9. The van der Waals surface area contributed by atoms with E-state index in [1.165, 1.54) is 18.5 Å². The summed E-state index contributed by atoms with van der Waals surface area (Å²) < 4.78 is 14.5. The SMILES string of the molecule is Fc1ccc(Nc2ncncc2Br)c(I)c1. The van der Waals surface area contributed by atoms with Crippen molar-refractivity contribution in [2.75, 3.05) is 5.32 Å². The van der Waals surface area contributed by atoms with E-state index >= 15 is 0 Å². The number of benzene rings is 1. The summed E-state index contributed by atoms with van der Waals surface area (Å²) in [6, 6.07) is 4.53. The number of hydrogen-bond acceptors (Lipinski definition) is 3. The lowest BCUT2D eigenvalue weighted by molar-refractivity contribution is 0.627. The molecule has 0 spiro atoms. The van der Waals surface area contributed by atoms with E-state index in [4.69, 9.17) is 0 Å². The fourth-order valence-corrected chi connectivity index (χ4v) is 2.05. The fraction of sp³-hybridized carbons (Fsp3) is 0. The third-order valence-electron chi connectivity index (χ3n) is 1.85. The fourth-order valence-electron chi connectivity index (χ4n) is 1.12. The zero-order chi connectivity index (χ0) is 11.5. The highest BCUT2D eigenvalue weighted by atomic mass is 127. The van der Waals surface area contributed by atoms with E-state index in [1.54, 1.807) is 12.3 Å². The first-order valence-corrected chi connectivity index (χ1v) is 6.21. The van der Waals surface area contributed by atoms with Crippen molar-refractivity contribution >= 4 is 50.0 Å². The minimum atomic E-state index is -0.253. The predicted octanol–water partition coefficient (Wildman–Crippen LogP) is 3.73. The van der Waals surface area contributed by atoms with Gasteiger partial charge in [0, 0.05) is 9.77 Å². The van der Waals surface area contributed by atoms with Gasteiger partial charge < -0.3 is 5.32 Å². The summed E-state index contributed by atoms with van der Waals surface area (Å²) in [6.45, 7) is 0. The highest BCUT2D eigenvalue weighted by Gasteiger charge is 2.05. The number of halogens is 3. The number of rotatable bonds is 2. The van der Waals surface area contributed by atoms with Crippen molar-refractivity contribution in [3.63, 3.8) is 0 Å². The summed E-state index contributed by atoms with van der Waals surface area (Å²) >= 11 is 5.39. The van der Waals surface area contributed by atoms with E-state index < -0.39 is 0 Å². The Hall–Kier alpha value is -0.760. The smallest absolute Gasteiger partial charge is 0.148 e. The van der Waals surface area contributed by atoms with Crippen LogP contribution in [0.2, 0.25) is 0 Å². The maximum atomic E-state index is 12.9. The largest absolute Gasteiger partial charge is 0.338 e. The summed E-state index contributed by atoms with van der Waals surface area (Å²) in [7, 11) is 0. The topological polar surface area (TPSA) is 37.8 Å². The lowest BCUT2D eigenvalue weighted by Crippen LogP contribution is -1.97. The lowest BCUT2D eigenvalue weighted by Gasteiger charge is -2.08. The van der Waals surface area contributed by atoms with Crippen LogP contribution in [-0.4, -0.2) is 9.97 Å². The van der Waals surface area contributed by atoms with Crippen molar-refractivity contribution in [2.24, 2.45) is 0 Å². The van der Waals surface area contributed by atoms with Gasteiger partial charge in [0.2, 0.25) is 0 Å². The monoisotopic (exact) mass is 393 g/mol. The van der Waals surface area contributed by atoms with E-state index in [2.05, 4.69) is 53.8 Å². The average molecular weight is 394 g/mol. The Labute approximate surface area is 114 Å². The Morgan fingerprint density at radius 2 is 2.19 bits per heavy atom. The van der Waals surface area contributed by atoms with E-state index in [-0.39, 0.29) is 5.82 Å². The molecule has 2 aromatic rings. The van der Waals surface area contributed by atoms with Crippen LogP contribution in [0.1, 0.15) is 0 Å². The van der Waals surface area contributed by atoms with Gasteiger partial charge in [-0.1, -0.05) is 0 Å². The summed E-state index contributed by atoms with van der Waals surface area (Å²) in [5.74, 6) is 0.399. The Balaban J connectivity index is 2.31. The van der Waals surface area contributed by atoms with Gasteiger partial charge in [0.05, 0.1) is 10.2 Å². The molecule has 0 fully saturated rings. The van der Waals surface area contributed by atoms with Crippen LogP contribution in [0.5, 0.6) is 0 Å². The molecule has 3 nitrogen and oxygen atoms in total. The normalized spacial score (nSPS) is 10.2. The van der Waals surface area contributed by atoms with Gasteiger partial charge in [-0.05, 0) is 56.7 Å². The van der Waals surface area contributed by atoms with E-state index in [0.29, 0.717) is 5.82 Å². The van der Waals surface area contributed by atoms with E-state index in [0.717, 1.165) is 13.7 Å². The Kier molecular flexibility index (Phi) is 3.70.